The first kappa shape index (κ1) is 33.8. The van der Waals surface area contributed by atoms with E-state index < -0.39 is 36.4 Å². The smallest absolute Gasteiger partial charge is 0.550 e. The summed E-state index contributed by atoms with van der Waals surface area (Å²) in [6, 6.07) is 0. The molecule has 0 amide bonds. The van der Waals surface area contributed by atoms with Crippen molar-refractivity contribution in [2.45, 2.75) is 18.4 Å². The van der Waals surface area contributed by atoms with Crippen LogP contribution in [0, 0.1) is 0 Å². The van der Waals surface area contributed by atoms with Crippen LogP contribution in [0.2, 0.25) is 0 Å². The molecule has 25 heavy (non-hydrogen) atoms. The molecule has 1 N–H and O–H groups in total. The summed E-state index contributed by atoms with van der Waals surface area (Å²) >= 11 is 0. The van der Waals surface area contributed by atoms with E-state index in [0.717, 1.165) is 39.6 Å². The molecule has 0 aromatic carbocycles. The van der Waals surface area contributed by atoms with Gasteiger partial charge in [0.25, 0.3) is 0 Å². The quantitative estimate of drug-likeness (QED) is 0.350. The number of carboxylic acids is 3. The third-order valence-corrected chi connectivity index (χ3v) is 1.87. The van der Waals surface area contributed by atoms with Crippen molar-refractivity contribution < 1.29 is 138 Å². The zero-order valence-corrected chi connectivity index (χ0v) is 20.8. The van der Waals surface area contributed by atoms with Crippen molar-refractivity contribution in [2.24, 2.45) is 0 Å². The van der Waals surface area contributed by atoms with E-state index in [-0.39, 0.29) is 88.7 Å². The maximum atomic E-state index is 10.1. The monoisotopic (exact) mass is 390 g/mol. The molecular weight excluding hydrogens is 373 g/mol. The van der Waals surface area contributed by atoms with Gasteiger partial charge in [0.2, 0.25) is 0 Å². The van der Waals surface area contributed by atoms with Crippen LogP contribution < -0.4 is 104 Å². The zero-order chi connectivity index (χ0) is 17.0. The molecule has 3 fully saturated rings. The fourth-order valence-corrected chi connectivity index (χ4v) is 0.684. The van der Waals surface area contributed by atoms with Gasteiger partial charge in [0.1, 0.15) is 5.60 Å². The molecule has 3 rings (SSSR count). The van der Waals surface area contributed by atoms with E-state index >= 15 is 0 Å². The number of epoxide rings is 3. The average molecular weight is 390 g/mol. The topological polar surface area (TPSA) is 178 Å². The Hall–Kier alpha value is 1.25. The third kappa shape index (κ3) is 33.3. The van der Waals surface area contributed by atoms with E-state index in [4.69, 9.17) is 5.11 Å². The summed E-state index contributed by atoms with van der Waals surface area (Å²) in [6.45, 7) is 6.00. The van der Waals surface area contributed by atoms with Crippen LogP contribution in [0.4, 0.5) is 0 Å². The normalized spacial score (nSPS) is 14.3. The van der Waals surface area contributed by atoms with Gasteiger partial charge in [0.05, 0.1) is 45.6 Å². The van der Waals surface area contributed by atoms with Gasteiger partial charge in [0, 0.05) is 24.8 Å². The summed E-state index contributed by atoms with van der Waals surface area (Å²) in [4.78, 5) is 30.0. The van der Waals surface area contributed by atoms with Crippen molar-refractivity contribution in [2.75, 3.05) is 39.6 Å². The second-order valence-electron chi connectivity index (χ2n) is 4.25. The van der Waals surface area contributed by atoms with Gasteiger partial charge >= 0.3 is 88.7 Å². The predicted octanol–water partition coefficient (Wildman–Crippen LogP) is -14.2. The summed E-state index contributed by atoms with van der Waals surface area (Å²) in [5, 5.41) is 38.9. The number of hydrogen-bond acceptors (Lipinski definition) is 10. The van der Waals surface area contributed by atoms with E-state index in [2.05, 4.69) is 14.2 Å². The van der Waals surface area contributed by atoms with E-state index in [1.165, 1.54) is 0 Å². The van der Waals surface area contributed by atoms with Gasteiger partial charge in [-0.1, -0.05) is 0 Å². The molecule has 3 heterocycles. The number of carboxylic acid groups (broad SMARTS) is 3. The summed E-state index contributed by atoms with van der Waals surface area (Å²) in [5.74, 6) is -5.98. The Morgan fingerprint density at radius 1 is 0.720 bits per heavy atom. The second kappa shape index (κ2) is 20.0. The van der Waals surface area contributed by atoms with Crippen LogP contribution in [0.5, 0.6) is 0 Å². The minimum Gasteiger partial charge on any atom is -0.550 e. The Morgan fingerprint density at radius 3 is 1.00 bits per heavy atom. The van der Waals surface area contributed by atoms with Gasteiger partial charge in [-0.15, -0.1) is 0 Å². The predicted molar refractivity (Wildman–Crippen MR) is 61.7 cm³/mol. The first-order valence-electron chi connectivity index (χ1n) is 6.34. The Morgan fingerprint density at radius 2 is 0.920 bits per heavy atom. The summed E-state index contributed by atoms with van der Waals surface area (Å²) in [6.07, 6.45) is -2.72. The largest absolute Gasteiger partial charge is 1.00 e. The average Bonchev–Trinajstić information content (AvgIpc) is 3.27. The minimum absolute atomic E-state index is 0. The fraction of sp³-hybridized carbons (Fsp3) is 0.750. The van der Waals surface area contributed by atoms with Crippen molar-refractivity contribution in [1.82, 2.24) is 0 Å². The van der Waals surface area contributed by atoms with Crippen molar-refractivity contribution in [3.05, 3.63) is 0 Å². The molecule has 0 bridgehead atoms. The number of carbonyl (C=O) groups is 3. The molecule has 3 aliphatic heterocycles. The number of hydrogen-bond donors (Lipinski definition) is 1. The standard InChI is InChI=1S/C6H8O7.3C2H4O.3Na/c7-3(8)1-6(13,5(11)12)2-4(9)10;3*1-2-3-1;;;/h13H,1-2H2,(H,7,8)(H,9,10)(H,11,12);3*1-2H2;;;/q;;;;3*+1/p-3. The number of carbonyl (C=O) groups excluding carboxylic acids is 3. The number of rotatable bonds is 5. The maximum Gasteiger partial charge on any atom is 1.00 e. The van der Waals surface area contributed by atoms with Crippen LogP contribution in [0.1, 0.15) is 12.8 Å². The van der Waals surface area contributed by atoms with Crippen LogP contribution >= 0.6 is 0 Å². The maximum absolute atomic E-state index is 10.1. The second-order valence-corrected chi connectivity index (χ2v) is 4.25. The van der Waals surface area contributed by atoms with Gasteiger partial charge in [-0.05, 0) is 0 Å². The summed E-state index contributed by atoms with van der Waals surface area (Å²) < 4.78 is 13.5. The molecule has 3 aliphatic rings. The van der Waals surface area contributed by atoms with Crippen molar-refractivity contribution in [1.29, 1.82) is 0 Å². The van der Waals surface area contributed by atoms with Gasteiger partial charge in [-0.2, -0.15) is 0 Å². The number of aliphatic hydroxyl groups is 1. The minimum atomic E-state index is -2.97. The molecule has 13 heteroatoms. The summed E-state index contributed by atoms with van der Waals surface area (Å²) in [7, 11) is 0. The van der Waals surface area contributed by atoms with Crippen LogP contribution in [0.25, 0.3) is 0 Å². The molecular formula is C12H17Na3O10. The van der Waals surface area contributed by atoms with Gasteiger partial charge < -0.3 is 49.0 Å². The molecule has 0 unspecified atom stereocenters. The van der Waals surface area contributed by atoms with Gasteiger partial charge in [-0.3, -0.25) is 0 Å². The van der Waals surface area contributed by atoms with Gasteiger partial charge in [0.15, 0.2) is 0 Å². The molecule has 0 atom stereocenters. The number of aliphatic carboxylic acids is 3. The third-order valence-electron chi connectivity index (χ3n) is 1.87. The zero-order valence-electron chi connectivity index (χ0n) is 14.8. The first-order chi connectivity index (χ1) is 10.3. The molecule has 0 aromatic heterocycles. The van der Waals surface area contributed by atoms with Gasteiger partial charge in [-0.25, -0.2) is 0 Å². The molecule has 0 aromatic rings. The Bertz CT molecular complexity index is 336. The Balaban J connectivity index is -0.000000148. The van der Waals surface area contributed by atoms with E-state index in [1.807, 2.05) is 0 Å². The molecule has 128 valence electrons. The molecule has 0 aliphatic carbocycles. The van der Waals surface area contributed by atoms with Crippen molar-refractivity contribution in [3.8, 4) is 0 Å². The first-order valence-corrected chi connectivity index (χ1v) is 6.34. The molecule has 0 radical (unpaired) electrons. The molecule has 10 nitrogen and oxygen atoms in total. The van der Waals surface area contributed by atoms with E-state index in [0.29, 0.717) is 0 Å². The van der Waals surface area contributed by atoms with Crippen molar-refractivity contribution >= 4 is 17.9 Å². The van der Waals surface area contributed by atoms with E-state index in [9.17, 15) is 29.7 Å². The van der Waals surface area contributed by atoms with E-state index in [1.54, 1.807) is 0 Å². The van der Waals surface area contributed by atoms with Crippen LogP contribution in [-0.2, 0) is 28.6 Å². The summed E-state index contributed by atoms with van der Waals surface area (Å²) in [5.41, 5.74) is -2.97. The number of ether oxygens (including phenoxy) is 3. The SMILES string of the molecule is C1CO1.C1CO1.C1CO1.O=C([O-])CC(O)(CC(=O)[O-])C(=O)[O-].[Na+].[Na+].[Na+]. The van der Waals surface area contributed by atoms with Crippen LogP contribution in [-0.4, -0.2) is 68.3 Å². The molecule has 3 saturated heterocycles. The fourth-order valence-electron chi connectivity index (χ4n) is 0.684. The van der Waals surface area contributed by atoms with Crippen LogP contribution in [0.15, 0.2) is 0 Å². The Labute approximate surface area is 211 Å². The molecule has 0 spiro atoms. The van der Waals surface area contributed by atoms with Crippen LogP contribution in [0.3, 0.4) is 0 Å². The molecule has 0 saturated carbocycles. The Kier molecular flexibility index (Phi) is 27.0. The van der Waals surface area contributed by atoms with Crippen molar-refractivity contribution in [3.63, 3.8) is 0 Å².